The van der Waals surface area contributed by atoms with E-state index in [1.165, 1.54) is 19.3 Å². The van der Waals surface area contributed by atoms with Crippen molar-refractivity contribution in [1.82, 2.24) is 9.38 Å². The third-order valence-electron chi connectivity index (χ3n) is 3.73. The van der Waals surface area contributed by atoms with Crippen LogP contribution in [0.3, 0.4) is 0 Å². The van der Waals surface area contributed by atoms with E-state index in [0.717, 1.165) is 23.6 Å². The summed E-state index contributed by atoms with van der Waals surface area (Å²) in [5, 5.41) is 2.04. The molecule has 2 aromatic rings. The number of nitrogens with zero attached hydrogens (tertiary/aromatic N) is 2. The van der Waals surface area contributed by atoms with Gasteiger partial charge in [0.15, 0.2) is 4.96 Å². The van der Waals surface area contributed by atoms with Gasteiger partial charge in [-0.25, -0.2) is 4.98 Å². The number of nitrogens with two attached hydrogens (primary N) is 1. The maximum Gasteiger partial charge on any atom is 0.193 e. The van der Waals surface area contributed by atoms with E-state index >= 15 is 0 Å². The molecule has 0 amide bonds. The van der Waals surface area contributed by atoms with Gasteiger partial charge in [0.05, 0.1) is 18.4 Å². The molecular formula is C13H19N3OS. The highest BCUT2D eigenvalue weighted by Crippen LogP contribution is 2.26. The summed E-state index contributed by atoms with van der Waals surface area (Å²) in [6.07, 6.45) is 9.31. The van der Waals surface area contributed by atoms with Crippen LogP contribution in [0, 0.1) is 5.92 Å². The smallest absolute Gasteiger partial charge is 0.193 e. The van der Waals surface area contributed by atoms with Crippen LogP contribution in [0.4, 0.5) is 0 Å². The molecule has 2 N–H and O–H groups in total. The monoisotopic (exact) mass is 265 g/mol. The Morgan fingerprint density at radius 1 is 1.44 bits per heavy atom. The third-order valence-corrected chi connectivity index (χ3v) is 4.50. The number of rotatable bonds is 4. The molecule has 1 aliphatic rings. The van der Waals surface area contributed by atoms with E-state index in [1.54, 1.807) is 11.3 Å². The molecule has 0 bridgehead atoms. The van der Waals surface area contributed by atoms with Gasteiger partial charge in [0.2, 0.25) is 0 Å². The summed E-state index contributed by atoms with van der Waals surface area (Å²) in [5.74, 6) is 0.530. The molecule has 0 radical (unpaired) electrons. The predicted molar refractivity (Wildman–Crippen MR) is 72.7 cm³/mol. The quantitative estimate of drug-likeness (QED) is 0.923. The number of imidazole rings is 1. The fourth-order valence-corrected chi connectivity index (χ4v) is 3.42. The molecule has 0 spiro atoms. The first-order valence-corrected chi connectivity index (χ1v) is 7.47. The Labute approximate surface area is 111 Å². The summed E-state index contributed by atoms with van der Waals surface area (Å²) < 4.78 is 8.07. The third kappa shape index (κ3) is 2.43. The van der Waals surface area contributed by atoms with Gasteiger partial charge in [-0.2, -0.15) is 0 Å². The molecule has 18 heavy (non-hydrogen) atoms. The van der Waals surface area contributed by atoms with E-state index in [1.807, 2.05) is 22.2 Å². The molecule has 2 heterocycles. The molecule has 1 aliphatic carbocycles. The van der Waals surface area contributed by atoms with Gasteiger partial charge in [0.25, 0.3) is 0 Å². The van der Waals surface area contributed by atoms with Gasteiger partial charge in [-0.05, 0) is 25.3 Å². The number of thiazole rings is 1. The van der Waals surface area contributed by atoms with E-state index in [4.69, 9.17) is 10.5 Å². The van der Waals surface area contributed by atoms with Crippen LogP contribution in [-0.2, 0) is 11.3 Å². The first-order chi connectivity index (χ1) is 8.86. The second kappa shape index (κ2) is 5.38. The van der Waals surface area contributed by atoms with Crippen molar-refractivity contribution in [2.45, 2.75) is 38.4 Å². The highest BCUT2D eigenvalue weighted by atomic mass is 32.1. The highest BCUT2D eigenvalue weighted by molar-refractivity contribution is 7.15. The molecule has 0 saturated heterocycles. The minimum atomic E-state index is 0.323. The fourth-order valence-electron chi connectivity index (χ4n) is 2.70. The van der Waals surface area contributed by atoms with Gasteiger partial charge in [0.1, 0.15) is 0 Å². The zero-order valence-electron chi connectivity index (χ0n) is 10.4. The molecule has 1 fully saturated rings. The van der Waals surface area contributed by atoms with Crippen LogP contribution in [0.2, 0.25) is 0 Å². The molecular weight excluding hydrogens is 246 g/mol. The van der Waals surface area contributed by atoms with Crippen molar-refractivity contribution in [2.24, 2.45) is 11.7 Å². The lowest BCUT2D eigenvalue weighted by Gasteiger charge is -2.30. The highest BCUT2D eigenvalue weighted by Gasteiger charge is 2.24. The lowest BCUT2D eigenvalue weighted by Crippen LogP contribution is -2.33. The molecule has 2 atom stereocenters. The maximum absolute atomic E-state index is 6.02. The van der Waals surface area contributed by atoms with E-state index < -0.39 is 0 Å². The zero-order chi connectivity index (χ0) is 12.4. The van der Waals surface area contributed by atoms with E-state index in [0.29, 0.717) is 18.6 Å². The van der Waals surface area contributed by atoms with Gasteiger partial charge < -0.3 is 10.5 Å². The Balaban J connectivity index is 1.61. The Bertz CT molecular complexity index is 479. The van der Waals surface area contributed by atoms with Gasteiger partial charge in [-0.1, -0.05) is 12.8 Å². The van der Waals surface area contributed by atoms with E-state index in [-0.39, 0.29) is 0 Å². The molecule has 1 saturated carbocycles. The average molecular weight is 265 g/mol. The lowest BCUT2D eigenvalue weighted by molar-refractivity contribution is -0.0194. The number of aromatic nitrogens is 2. The van der Waals surface area contributed by atoms with Crippen LogP contribution < -0.4 is 5.73 Å². The summed E-state index contributed by atoms with van der Waals surface area (Å²) in [7, 11) is 0. The molecule has 0 aliphatic heterocycles. The van der Waals surface area contributed by atoms with Crippen molar-refractivity contribution < 1.29 is 4.74 Å². The molecule has 2 unspecified atom stereocenters. The SMILES string of the molecule is NCC1CCCCC1OCc1cn2ccsc2n1. The standard InChI is InChI=1S/C13H19N3OS/c14-7-10-3-1-2-4-12(10)17-9-11-8-16-5-6-18-13(16)15-11/h5-6,8,10,12H,1-4,7,9,14H2. The fraction of sp³-hybridized carbons (Fsp3) is 0.615. The van der Waals surface area contributed by atoms with Crippen molar-refractivity contribution in [2.75, 3.05) is 6.54 Å². The first-order valence-electron chi connectivity index (χ1n) is 6.59. The lowest BCUT2D eigenvalue weighted by atomic mass is 9.86. The summed E-state index contributed by atoms with van der Waals surface area (Å²) in [6.45, 7) is 1.35. The Hall–Kier alpha value is -0.910. The summed E-state index contributed by atoms with van der Waals surface area (Å²) in [6, 6.07) is 0. The Morgan fingerprint density at radius 3 is 3.17 bits per heavy atom. The summed E-state index contributed by atoms with van der Waals surface area (Å²) in [5.41, 5.74) is 6.83. The van der Waals surface area contributed by atoms with Crippen LogP contribution in [0.1, 0.15) is 31.4 Å². The molecule has 2 aromatic heterocycles. The largest absolute Gasteiger partial charge is 0.372 e. The normalized spacial score (nSPS) is 24.7. The molecule has 98 valence electrons. The van der Waals surface area contributed by atoms with Gasteiger partial charge in [-0.15, -0.1) is 11.3 Å². The van der Waals surface area contributed by atoms with Crippen molar-refractivity contribution in [3.05, 3.63) is 23.5 Å². The molecule has 4 nitrogen and oxygen atoms in total. The topological polar surface area (TPSA) is 52.5 Å². The average Bonchev–Trinajstić information content (AvgIpc) is 2.97. The molecule has 3 rings (SSSR count). The van der Waals surface area contributed by atoms with E-state index in [2.05, 4.69) is 4.98 Å². The summed E-state index contributed by atoms with van der Waals surface area (Å²) >= 11 is 1.65. The van der Waals surface area contributed by atoms with Crippen LogP contribution in [0.15, 0.2) is 17.8 Å². The minimum absolute atomic E-state index is 0.323. The van der Waals surface area contributed by atoms with Crippen LogP contribution >= 0.6 is 11.3 Å². The number of ether oxygens (including phenoxy) is 1. The number of fused-ring (bicyclic) bond motifs is 1. The van der Waals surface area contributed by atoms with Crippen molar-refractivity contribution in [3.63, 3.8) is 0 Å². The van der Waals surface area contributed by atoms with Crippen LogP contribution in [-0.4, -0.2) is 22.0 Å². The van der Waals surface area contributed by atoms with Gasteiger partial charge in [0, 0.05) is 17.8 Å². The maximum atomic E-state index is 6.02. The number of hydrogen-bond acceptors (Lipinski definition) is 4. The van der Waals surface area contributed by atoms with Gasteiger partial charge >= 0.3 is 0 Å². The Morgan fingerprint density at radius 2 is 2.33 bits per heavy atom. The van der Waals surface area contributed by atoms with Gasteiger partial charge in [-0.3, -0.25) is 4.40 Å². The summed E-state index contributed by atoms with van der Waals surface area (Å²) in [4.78, 5) is 5.57. The number of hydrogen-bond donors (Lipinski definition) is 1. The van der Waals surface area contributed by atoms with Crippen molar-refractivity contribution in [3.8, 4) is 0 Å². The van der Waals surface area contributed by atoms with Crippen LogP contribution in [0.5, 0.6) is 0 Å². The predicted octanol–water partition coefficient (Wildman–Crippen LogP) is 2.43. The Kier molecular flexibility index (Phi) is 3.63. The molecule has 5 heteroatoms. The second-order valence-corrected chi connectivity index (χ2v) is 5.83. The minimum Gasteiger partial charge on any atom is -0.372 e. The van der Waals surface area contributed by atoms with E-state index in [9.17, 15) is 0 Å². The van der Waals surface area contributed by atoms with Crippen molar-refractivity contribution in [1.29, 1.82) is 0 Å². The zero-order valence-corrected chi connectivity index (χ0v) is 11.2. The first kappa shape index (κ1) is 12.1. The molecule has 0 aromatic carbocycles. The van der Waals surface area contributed by atoms with Crippen molar-refractivity contribution >= 4 is 16.3 Å². The second-order valence-electron chi connectivity index (χ2n) is 4.95. The van der Waals surface area contributed by atoms with Crippen LogP contribution in [0.25, 0.3) is 4.96 Å².